The smallest absolute Gasteiger partial charge is 0.223 e. The molecule has 110 valence electrons. The minimum Gasteiger partial charge on any atom is -0.361 e. The van der Waals surface area contributed by atoms with Crippen molar-refractivity contribution < 1.29 is 9.32 Å². The Labute approximate surface area is 124 Å². The Morgan fingerprint density at radius 3 is 2.81 bits per heavy atom. The number of hydrogen-bond acceptors (Lipinski definition) is 3. The molecule has 0 unspecified atom stereocenters. The fourth-order valence-corrected chi connectivity index (χ4v) is 3.00. The van der Waals surface area contributed by atoms with E-state index in [9.17, 15) is 4.79 Å². The van der Waals surface area contributed by atoms with Gasteiger partial charge in [-0.05, 0) is 44.2 Å². The van der Waals surface area contributed by atoms with Crippen molar-refractivity contribution in [2.75, 3.05) is 0 Å². The van der Waals surface area contributed by atoms with Crippen LogP contribution >= 0.6 is 0 Å². The molecular formula is C17H20N2O2. The van der Waals surface area contributed by atoms with Crippen LogP contribution in [0, 0.1) is 19.8 Å². The summed E-state index contributed by atoms with van der Waals surface area (Å²) in [7, 11) is 0. The Hall–Kier alpha value is -2.10. The van der Waals surface area contributed by atoms with Crippen LogP contribution in [0.1, 0.15) is 34.6 Å². The van der Waals surface area contributed by atoms with Gasteiger partial charge in [-0.1, -0.05) is 29.4 Å². The molecule has 4 nitrogen and oxygen atoms in total. The van der Waals surface area contributed by atoms with Crippen molar-refractivity contribution in [2.45, 2.75) is 39.7 Å². The first-order valence-corrected chi connectivity index (χ1v) is 7.41. The molecule has 1 N–H and O–H groups in total. The fourth-order valence-electron chi connectivity index (χ4n) is 3.00. The van der Waals surface area contributed by atoms with Gasteiger partial charge in [-0.25, -0.2) is 0 Å². The van der Waals surface area contributed by atoms with Crippen LogP contribution in [0.2, 0.25) is 0 Å². The molecule has 1 aliphatic carbocycles. The third kappa shape index (κ3) is 2.84. The van der Waals surface area contributed by atoms with Crippen LogP contribution < -0.4 is 5.32 Å². The lowest BCUT2D eigenvalue weighted by Crippen LogP contribution is -2.33. The Bertz CT molecular complexity index is 641. The summed E-state index contributed by atoms with van der Waals surface area (Å²) < 4.78 is 5.12. The monoisotopic (exact) mass is 284 g/mol. The normalized spacial score (nSPS) is 17.3. The molecule has 1 amide bonds. The predicted molar refractivity (Wildman–Crippen MR) is 79.8 cm³/mol. The van der Waals surface area contributed by atoms with E-state index in [0.717, 1.165) is 36.3 Å². The van der Waals surface area contributed by atoms with Crippen molar-refractivity contribution in [3.63, 3.8) is 0 Å². The van der Waals surface area contributed by atoms with E-state index in [1.54, 1.807) is 0 Å². The lowest BCUT2D eigenvalue weighted by atomic mass is 9.83. The number of aryl methyl sites for hydroxylation is 3. The van der Waals surface area contributed by atoms with Gasteiger partial charge in [-0.15, -0.1) is 0 Å². The molecule has 3 rings (SSSR count). The van der Waals surface area contributed by atoms with Crippen molar-refractivity contribution in [2.24, 2.45) is 5.92 Å². The first-order valence-electron chi connectivity index (χ1n) is 7.41. The molecule has 0 saturated carbocycles. The summed E-state index contributed by atoms with van der Waals surface area (Å²) in [5, 5.41) is 6.94. The third-order valence-electron chi connectivity index (χ3n) is 4.34. The topological polar surface area (TPSA) is 55.1 Å². The highest BCUT2D eigenvalue weighted by molar-refractivity contribution is 5.79. The maximum absolute atomic E-state index is 12.4. The Morgan fingerprint density at radius 1 is 1.33 bits per heavy atom. The van der Waals surface area contributed by atoms with E-state index in [2.05, 4.69) is 28.7 Å². The number of amides is 1. The van der Waals surface area contributed by atoms with Crippen molar-refractivity contribution in [1.29, 1.82) is 0 Å². The van der Waals surface area contributed by atoms with E-state index in [1.807, 2.05) is 19.9 Å². The first kappa shape index (κ1) is 13.9. The molecule has 2 aromatic rings. The molecule has 0 fully saturated rings. The van der Waals surface area contributed by atoms with Crippen molar-refractivity contribution in [3.05, 3.63) is 52.4 Å². The van der Waals surface area contributed by atoms with Crippen LogP contribution in [0.5, 0.6) is 0 Å². The second-order valence-electron chi connectivity index (χ2n) is 5.73. The van der Waals surface area contributed by atoms with Crippen LogP contribution in [0.3, 0.4) is 0 Å². The molecule has 4 heteroatoms. The molecule has 1 atom stereocenters. The van der Waals surface area contributed by atoms with Crippen LogP contribution in [0.4, 0.5) is 0 Å². The van der Waals surface area contributed by atoms with E-state index < -0.39 is 0 Å². The van der Waals surface area contributed by atoms with Gasteiger partial charge in [0.1, 0.15) is 5.76 Å². The van der Waals surface area contributed by atoms with Gasteiger partial charge in [-0.2, -0.15) is 0 Å². The van der Waals surface area contributed by atoms with E-state index in [0.29, 0.717) is 6.54 Å². The zero-order valence-electron chi connectivity index (χ0n) is 12.5. The minimum atomic E-state index is 0.0698. The number of hydrogen-bond donors (Lipinski definition) is 1. The molecule has 0 bridgehead atoms. The van der Waals surface area contributed by atoms with Gasteiger partial charge in [0.05, 0.1) is 5.69 Å². The number of nitrogens with one attached hydrogen (secondary N) is 1. The molecule has 0 saturated heterocycles. The van der Waals surface area contributed by atoms with Crippen LogP contribution in [0.25, 0.3) is 0 Å². The number of benzene rings is 1. The average Bonchev–Trinajstić information content (AvgIpc) is 2.83. The number of carbonyl (C=O) groups excluding carboxylic acids is 1. The maximum Gasteiger partial charge on any atom is 0.223 e. The Morgan fingerprint density at radius 2 is 2.10 bits per heavy atom. The van der Waals surface area contributed by atoms with Crippen molar-refractivity contribution >= 4 is 5.91 Å². The molecule has 1 aromatic heterocycles. The van der Waals surface area contributed by atoms with E-state index in [-0.39, 0.29) is 11.8 Å². The maximum atomic E-state index is 12.4. The van der Waals surface area contributed by atoms with Crippen LogP contribution in [0.15, 0.2) is 28.8 Å². The standard InChI is InChI=1S/C17H20N2O2/c1-11-16(12(2)21-19-11)10-18-17(20)15-8-7-13-5-3-4-6-14(13)9-15/h3-6,15H,7-10H2,1-2H3,(H,18,20)/t15-/m1/s1. The zero-order valence-corrected chi connectivity index (χ0v) is 12.5. The second-order valence-corrected chi connectivity index (χ2v) is 5.73. The number of nitrogens with zero attached hydrogens (tertiary/aromatic N) is 1. The Kier molecular flexibility index (Phi) is 3.78. The van der Waals surface area contributed by atoms with Crippen LogP contribution in [-0.2, 0) is 24.2 Å². The quantitative estimate of drug-likeness (QED) is 0.943. The number of aromatic nitrogens is 1. The summed E-state index contributed by atoms with van der Waals surface area (Å²) in [6.07, 6.45) is 2.74. The molecule has 0 radical (unpaired) electrons. The molecule has 1 aromatic carbocycles. The van der Waals surface area contributed by atoms with Crippen LogP contribution in [-0.4, -0.2) is 11.1 Å². The number of carbonyl (C=O) groups is 1. The SMILES string of the molecule is Cc1noc(C)c1CNC(=O)[C@@H]1CCc2ccccc2C1. The van der Waals surface area contributed by atoms with Crippen molar-refractivity contribution in [1.82, 2.24) is 10.5 Å². The van der Waals surface area contributed by atoms with E-state index in [4.69, 9.17) is 4.52 Å². The highest BCUT2D eigenvalue weighted by Gasteiger charge is 2.24. The highest BCUT2D eigenvalue weighted by Crippen LogP contribution is 2.25. The first-order chi connectivity index (χ1) is 10.1. The van der Waals surface area contributed by atoms with E-state index in [1.165, 1.54) is 11.1 Å². The zero-order chi connectivity index (χ0) is 14.8. The molecule has 1 heterocycles. The third-order valence-corrected chi connectivity index (χ3v) is 4.34. The summed E-state index contributed by atoms with van der Waals surface area (Å²) in [6.45, 7) is 4.27. The second kappa shape index (κ2) is 5.72. The average molecular weight is 284 g/mol. The highest BCUT2D eigenvalue weighted by atomic mass is 16.5. The number of fused-ring (bicyclic) bond motifs is 1. The number of rotatable bonds is 3. The summed E-state index contributed by atoms with van der Waals surface area (Å²) in [5.74, 6) is 0.978. The van der Waals surface area contributed by atoms with Crippen molar-refractivity contribution in [3.8, 4) is 0 Å². The fraction of sp³-hybridized carbons (Fsp3) is 0.412. The summed E-state index contributed by atoms with van der Waals surface area (Å²) in [6, 6.07) is 8.40. The Balaban J connectivity index is 1.62. The molecular weight excluding hydrogens is 264 g/mol. The lowest BCUT2D eigenvalue weighted by Gasteiger charge is -2.23. The summed E-state index contributed by atoms with van der Waals surface area (Å²) in [5.41, 5.74) is 4.52. The van der Waals surface area contributed by atoms with Gasteiger partial charge < -0.3 is 9.84 Å². The summed E-state index contributed by atoms with van der Waals surface area (Å²) >= 11 is 0. The van der Waals surface area contributed by atoms with Gasteiger partial charge in [0, 0.05) is 18.0 Å². The molecule has 21 heavy (non-hydrogen) atoms. The van der Waals surface area contributed by atoms with Gasteiger partial charge in [0.2, 0.25) is 5.91 Å². The van der Waals surface area contributed by atoms with Gasteiger partial charge in [-0.3, -0.25) is 4.79 Å². The summed E-state index contributed by atoms with van der Waals surface area (Å²) in [4.78, 5) is 12.4. The minimum absolute atomic E-state index is 0.0698. The molecule has 0 aliphatic heterocycles. The molecule has 1 aliphatic rings. The van der Waals surface area contributed by atoms with Gasteiger partial charge in [0.25, 0.3) is 0 Å². The molecule has 0 spiro atoms. The largest absolute Gasteiger partial charge is 0.361 e. The predicted octanol–water partition coefficient (Wildman–Crippen LogP) is 2.71. The van der Waals surface area contributed by atoms with Gasteiger partial charge in [0.15, 0.2) is 0 Å². The lowest BCUT2D eigenvalue weighted by molar-refractivity contribution is -0.125. The van der Waals surface area contributed by atoms with Gasteiger partial charge >= 0.3 is 0 Å². The van der Waals surface area contributed by atoms with E-state index >= 15 is 0 Å².